The summed E-state index contributed by atoms with van der Waals surface area (Å²) in [5.41, 5.74) is 1.37. The Kier molecular flexibility index (Phi) is 10.9. The van der Waals surface area contributed by atoms with E-state index in [1.54, 1.807) is 0 Å². The van der Waals surface area contributed by atoms with Crippen LogP contribution in [0.15, 0.2) is 170 Å². The second kappa shape index (κ2) is 16.2. The second-order valence-corrected chi connectivity index (χ2v) is 16.9. The van der Waals surface area contributed by atoms with Gasteiger partial charge in [0.15, 0.2) is 0 Å². The molecule has 248 valence electrons. The quantitative estimate of drug-likeness (QED) is 0.158. The van der Waals surface area contributed by atoms with E-state index in [1.165, 1.54) is 21.2 Å². The van der Waals surface area contributed by atoms with Crippen LogP contribution in [0.25, 0.3) is 0 Å². The standard InChI is InChI=1S/C44H40N2O2P2/c47-43(37-27-13-17-31-41(37)49(33-19-5-1-6-20-33)34-21-7-2-8-22-34)45-39-29-15-16-30-40(39)46-44(48)38-28-14-18-32-42(38)50(35-23-9-3-10-24-35)36-25-11-4-12-26-36/h1-14,17-28,31-32,39-40H,15-16,29-30H2,(H,45,47)(H,46,48)/t39-,40?/m1/s1. The van der Waals surface area contributed by atoms with Crippen molar-refractivity contribution >= 4 is 59.5 Å². The minimum absolute atomic E-state index is 0.0943. The zero-order valence-electron chi connectivity index (χ0n) is 27.9. The zero-order chi connectivity index (χ0) is 34.1. The first-order chi connectivity index (χ1) is 24.7. The molecule has 4 nitrogen and oxygen atoms in total. The van der Waals surface area contributed by atoms with Gasteiger partial charge in [-0.3, -0.25) is 9.59 Å². The van der Waals surface area contributed by atoms with E-state index in [0.717, 1.165) is 36.3 Å². The molecule has 2 amide bonds. The lowest BCUT2D eigenvalue weighted by Gasteiger charge is -2.33. The Balaban J connectivity index is 1.15. The Bertz CT molecular complexity index is 1800. The highest BCUT2D eigenvalue weighted by Gasteiger charge is 2.31. The van der Waals surface area contributed by atoms with Crippen molar-refractivity contribution in [2.45, 2.75) is 37.8 Å². The highest BCUT2D eigenvalue weighted by atomic mass is 31.1. The Morgan fingerprint density at radius 3 is 1.00 bits per heavy atom. The van der Waals surface area contributed by atoms with Crippen molar-refractivity contribution in [3.63, 3.8) is 0 Å². The fraction of sp³-hybridized carbons (Fsp3) is 0.136. The van der Waals surface area contributed by atoms with E-state index >= 15 is 0 Å². The predicted octanol–water partition coefficient (Wildman–Crippen LogP) is 6.67. The summed E-state index contributed by atoms with van der Waals surface area (Å²) in [6, 6.07) is 57.5. The van der Waals surface area contributed by atoms with Crippen molar-refractivity contribution in [1.29, 1.82) is 0 Å². The van der Waals surface area contributed by atoms with Crippen LogP contribution in [-0.2, 0) is 0 Å². The van der Waals surface area contributed by atoms with E-state index in [4.69, 9.17) is 0 Å². The first-order valence-corrected chi connectivity index (χ1v) is 20.0. The van der Waals surface area contributed by atoms with Crippen molar-refractivity contribution in [1.82, 2.24) is 10.6 Å². The van der Waals surface area contributed by atoms with Gasteiger partial charge in [-0.15, -0.1) is 0 Å². The number of hydrogen-bond donors (Lipinski definition) is 2. The van der Waals surface area contributed by atoms with Crippen LogP contribution in [0.4, 0.5) is 0 Å². The van der Waals surface area contributed by atoms with Gasteiger partial charge in [-0.1, -0.05) is 171 Å². The van der Waals surface area contributed by atoms with Crippen LogP contribution in [0.3, 0.4) is 0 Å². The van der Waals surface area contributed by atoms with Gasteiger partial charge in [-0.05, 0) is 72.6 Å². The maximum absolute atomic E-state index is 14.2. The molecule has 1 aliphatic carbocycles. The number of rotatable bonds is 10. The molecule has 0 bridgehead atoms. The van der Waals surface area contributed by atoms with Gasteiger partial charge < -0.3 is 10.6 Å². The number of nitrogens with one attached hydrogen (secondary N) is 2. The molecular formula is C44H40N2O2P2. The maximum Gasteiger partial charge on any atom is 0.252 e. The van der Waals surface area contributed by atoms with Gasteiger partial charge in [0, 0.05) is 23.2 Å². The van der Waals surface area contributed by atoms with Crippen molar-refractivity contribution in [2.24, 2.45) is 0 Å². The van der Waals surface area contributed by atoms with Crippen molar-refractivity contribution in [3.05, 3.63) is 181 Å². The zero-order valence-corrected chi connectivity index (χ0v) is 29.6. The van der Waals surface area contributed by atoms with E-state index in [1.807, 2.05) is 60.7 Å². The molecule has 1 fully saturated rings. The van der Waals surface area contributed by atoms with Crippen LogP contribution in [0.5, 0.6) is 0 Å². The molecule has 2 atom stereocenters. The lowest BCUT2D eigenvalue weighted by atomic mass is 9.89. The molecule has 6 heteroatoms. The normalized spacial score (nSPS) is 15.8. The summed E-state index contributed by atoms with van der Waals surface area (Å²) in [5, 5.41) is 13.6. The van der Waals surface area contributed by atoms with E-state index < -0.39 is 15.8 Å². The summed E-state index contributed by atoms with van der Waals surface area (Å²) in [6.07, 6.45) is 3.63. The summed E-state index contributed by atoms with van der Waals surface area (Å²) in [4.78, 5) is 28.5. The summed E-state index contributed by atoms with van der Waals surface area (Å²) in [5.74, 6) is -0.189. The first-order valence-electron chi connectivity index (χ1n) is 17.3. The average Bonchev–Trinajstić information content (AvgIpc) is 3.18. The minimum Gasteiger partial charge on any atom is -0.347 e. The number of benzene rings is 6. The molecule has 50 heavy (non-hydrogen) atoms. The Morgan fingerprint density at radius 2 is 0.680 bits per heavy atom. The topological polar surface area (TPSA) is 58.2 Å². The fourth-order valence-electron chi connectivity index (χ4n) is 6.85. The van der Waals surface area contributed by atoms with E-state index in [2.05, 4.69) is 120 Å². The molecule has 0 saturated heterocycles. The molecule has 1 saturated carbocycles. The maximum atomic E-state index is 14.2. The highest BCUT2D eigenvalue weighted by Crippen LogP contribution is 2.35. The van der Waals surface area contributed by atoms with Gasteiger partial charge in [-0.2, -0.15) is 0 Å². The van der Waals surface area contributed by atoms with E-state index in [9.17, 15) is 9.59 Å². The van der Waals surface area contributed by atoms with Gasteiger partial charge in [0.05, 0.1) is 0 Å². The smallest absolute Gasteiger partial charge is 0.252 e. The third kappa shape index (κ3) is 7.63. The average molecular weight is 691 g/mol. The molecule has 0 aromatic heterocycles. The number of carbonyl (C=O) groups is 2. The first kappa shape index (κ1) is 33.6. The van der Waals surface area contributed by atoms with Crippen molar-refractivity contribution in [2.75, 3.05) is 0 Å². The molecule has 6 aromatic rings. The molecule has 0 heterocycles. The fourth-order valence-corrected chi connectivity index (χ4v) is 11.7. The Hall–Kier alpha value is -4.88. The van der Waals surface area contributed by atoms with Gasteiger partial charge in [0.1, 0.15) is 0 Å². The summed E-state index contributed by atoms with van der Waals surface area (Å²) in [6.45, 7) is 0. The second-order valence-electron chi connectivity index (χ2n) is 12.5. The molecule has 1 aliphatic rings. The minimum atomic E-state index is -0.955. The van der Waals surface area contributed by atoms with Crippen LogP contribution in [0, 0.1) is 0 Å². The molecule has 1 unspecified atom stereocenters. The number of carbonyl (C=O) groups excluding carboxylic acids is 2. The van der Waals surface area contributed by atoms with Crippen LogP contribution in [0.1, 0.15) is 46.4 Å². The van der Waals surface area contributed by atoms with Gasteiger partial charge in [0.2, 0.25) is 0 Å². The van der Waals surface area contributed by atoms with Crippen LogP contribution in [0.2, 0.25) is 0 Å². The molecule has 7 rings (SSSR count). The lowest BCUT2D eigenvalue weighted by Crippen LogP contribution is -2.54. The third-order valence-corrected chi connectivity index (χ3v) is 14.2. The van der Waals surface area contributed by atoms with Crippen molar-refractivity contribution in [3.8, 4) is 0 Å². The van der Waals surface area contributed by atoms with Gasteiger partial charge in [0.25, 0.3) is 11.8 Å². The largest absolute Gasteiger partial charge is 0.347 e. The molecule has 0 aliphatic heterocycles. The highest BCUT2D eigenvalue weighted by molar-refractivity contribution is 7.80. The van der Waals surface area contributed by atoms with Crippen LogP contribution < -0.4 is 42.5 Å². The number of amides is 2. The van der Waals surface area contributed by atoms with Crippen LogP contribution in [-0.4, -0.2) is 23.9 Å². The molecular weight excluding hydrogens is 650 g/mol. The lowest BCUT2D eigenvalue weighted by molar-refractivity contribution is 0.0864. The van der Waals surface area contributed by atoms with Gasteiger partial charge in [-0.25, -0.2) is 0 Å². The third-order valence-electron chi connectivity index (χ3n) is 9.24. The van der Waals surface area contributed by atoms with Crippen LogP contribution >= 0.6 is 15.8 Å². The Morgan fingerprint density at radius 1 is 0.400 bits per heavy atom. The predicted molar refractivity (Wildman–Crippen MR) is 211 cm³/mol. The van der Waals surface area contributed by atoms with Crippen molar-refractivity contribution < 1.29 is 9.59 Å². The van der Waals surface area contributed by atoms with E-state index in [0.29, 0.717) is 11.1 Å². The molecule has 0 spiro atoms. The molecule has 0 radical (unpaired) electrons. The SMILES string of the molecule is O=C(NC1CCCC[C@H]1NC(=O)c1ccccc1P(c1ccccc1)c1ccccc1)c1ccccc1P(c1ccccc1)c1ccccc1. The molecule has 2 N–H and O–H groups in total. The summed E-state index contributed by atoms with van der Waals surface area (Å²) < 4.78 is 0. The monoisotopic (exact) mass is 690 g/mol. The molecule has 6 aromatic carbocycles. The summed E-state index contributed by atoms with van der Waals surface area (Å²) in [7, 11) is -1.91. The summed E-state index contributed by atoms with van der Waals surface area (Å²) >= 11 is 0. The number of hydrogen-bond acceptors (Lipinski definition) is 2. The van der Waals surface area contributed by atoms with Gasteiger partial charge >= 0.3 is 0 Å². The Labute approximate surface area is 297 Å². The van der Waals surface area contributed by atoms with E-state index in [-0.39, 0.29) is 23.9 Å².